The first-order valence-corrected chi connectivity index (χ1v) is 5.82. The Labute approximate surface area is 105 Å². The minimum Gasteiger partial charge on any atom is -0.394 e. The maximum Gasteiger partial charge on any atom is 0.246 e. The summed E-state index contributed by atoms with van der Waals surface area (Å²) in [5, 5.41) is 6.61. The molecule has 18 heavy (non-hydrogen) atoms. The lowest BCUT2D eigenvalue weighted by Gasteiger charge is -2.28. The van der Waals surface area contributed by atoms with Crippen molar-refractivity contribution in [3.8, 4) is 0 Å². The van der Waals surface area contributed by atoms with E-state index in [0.717, 1.165) is 0 Å². The molecule has 0 aliphatic carbocycles. The van der Waals surface area contributed by atoms with E-state index in [1.807, 2.05) is 20.8 Å². The third-order valence-electron chi connectivity index (χ3n) is 2.84. The SMILES string of the molecule is Cc1nn(C(C)C)c(N2CC(=O)NC(=O)C2)c1N. The largest absolute Gasteiger partial charge is 0.394 e. The lowest BCUT2D eigenvalue weighted by molar-refractivity contribution is -0.130. The number of nitrogen functional groups attached to an aromatic ring is 1. The summed E-state index contributed by atoms with van der Waals surface area (Å²) >= 11 is 0. The molecule has 2 heterocycles. The molecule has 1 aliphatic heterocycles. The van der Waals surface area contributed by atoms with E-state index in [-0.39, 0.29) is 30.9 Å². The van der Waals surface area contributed by atoms with Gasteiger partial charge in [0.1, 0.15) is 0 Å². The maximum atomic E-state index is 11.4. The molecule has 0 unspecified atom stereocenters. The van der Waals surface area contributed by atoms with Crippen LogP contribution in [0.2, 0.25) is 0 Å². The van der Waals surface area contributed by atoms with Gasteiger partial charge in [-0.25, -0.2) is 4.68 Å². The highest BCUT2D eigenvalue weighted by atomic mass is 16.2. The molecule has 7 heteroatoms. The lowest BCUT2D eigenvalue weighted by atomic mass is 10.3. The predicted octanol–water partition coefficient (Wildman–Crippen LogP) is -0.183. The van der Waals surface area contributed by atoms with Gasteiger partial charge in [-0.3, -0.25) is 14.9 Å². The summed E-state index contributed by atoms with van der Waals surface area (Å²) in [6.07, 6.45) is 0. The monoisotopic (exact) mass is 251 g/mol. The molecule has 1 aromatic heterocycles. The van der Waals surface area contributed by atoms with Gasteiger partial charge >= 0.3 is 0 Å². The molecule has 0 atom stereocenters. The van der Waals surface area contributed by atoms with Crippen molar-refractivity contribution in [1.29, 1.82) is 0 Å². The number of hydrogen-bond acceptors (Lipinski definition) is 5. The van der Waals surface area contributed by atoms with Crippen molar-refractivity contribution in [2.45, 2.75) is 26.8 Å². The van der Waals surface area contributed by atoms with Gasteiger partial charge in [-0.15, -0.1) is 0 Å². The van der Waals surface area contributed by atoms with Crippen LogP contribution in [-0.4, -0.2) is 34.7 Å². The summed E-state index contributed by atoms with van der Waals surface area (Å²) in [6, 6.07) is 0.107. The Morgan fingerprint density at radius 2 is 1.83 bits per heavy atom. The van der Waals surface area contributed by atoms with Crippen molar-refractivity contribution in [1.82, 2.24) is 15.1 Å². The Morgan fingerprint density at radius 1 is 1.28 bits per heavy atom. The van der Waals surface area contributed by atoms with Crippen LogP contribution in [0.4, 0.5) is 11.5 Å². The quantitative estimate of drug-likeness (QED) is 0.711. The van der Waals surface area contributed by atoms with Crippen molar-refractivity contribution < 1.29 is 9.59 Å². The van der Waals surface area contributed by atoms with E-state index in [4.69, 9.17) is 5.73 Å². The summed E-state index contributed by atoms with van der Waals surface area (Å²) in [5.41, 5.74) is 7.22. The Hall–Kier alpha value is -2.05. The number of carbonyl (C=O) groups excluding carboxylic acids is 2. The molecule has 0 bridgehead atoms. The number of aryl methyl sites for hydroxylation is 1. The highest BCUT2D eigenvalue weighted by Gasteiger charge is 2.28. The van der Waals surface area contributed by atoms with Crippen LogP contribution < -0.4 is 16.0 Å². The van der Waals surface area contributed by atoms with Gasteiger partial charge in [0.25, 0.3) is 0 Å². The molecule has 1 fully saturated rings. The molecule has 1 aliphatic rings. The van der Waals surface area contributed by atoms with Crippen LogP contribution in [0.1, 0.15) is 25.6 Å². The van der Waals surface area contributed by atoms with Crippen LogP contribution in [0.3, 0.4) is 0 Å². The van der Waals surface area contributed by atoms with Crippen molar-refractivity contribution >= 4 is 23.3 Å². The Bertz CT molecular complexity index is 490. The summed E-state index contributed by atoms with van der Waals surface area (Å²) < 4.78 is 1.75. The van der Waals surface area contributed by atoms with Gasteiger partial charge in [-0.2, -0.15) is 5.10 Å². The maximum absolute atomic E-state index is 11.4. The average Bonchev–Trinajstić information content (AvgIpc) is 2.54. The standard InChI is InChI=1S/C11H17N5O2/c1-6(2)16-11(10(12)7(3)14-16)15-4-8(17)13-9(18)5-15/h6H,4-5,12H2,1-3H3,(H,13,17,18). The zero-order valence-electron chi connectivity index (χ0n) is 10.7. The zero-order chi connectivity index (χ0) is 13.4. The van der Waals surface area contributed by atoms with Gasteiger partial charge < -0.3 is 10.6 Å². The molecular formula is C11H17N5O2. The molecule has 1 saturated heterocycles. The molecule has 2 amide bonds. The fourth-order valence-corrected chi connectivity index (χ4v) is 2.01. The highest BCUT2D eigenvalue weighted by Crippen LogP contribution is 2.29. The first-order valence-electron chi connectivity index (χ1n) is 5.82. The van der Waals surface area contributed by atoms with E-state index in [0.29, 0.717) is 17.2 Å². The minimum atomic E-state index is -0.320. The molecule has 0 saturated carbocycles. The van der Waals surface area contributed by atoms with Gasteiger partial charge in [-0.05, 0) is 20.8 Å². The molecule has 0 spiro atoms. The number of carbonyl (C=O) groups is 2. The van der Waals surface area contributed by atoms with Crippen molar-refractivity contribution in [2.24, 2.45) is 0 Å². The molecule has 1 aromatic rings. The third kappa shape index (κ3) is 2.03. The molecule has 7 nitrogen and oxygen atoms in total. The van der Waals surface area contributed by atoms with Crippen LogP contribution in [-0.2, 0) is 9.59 Å². The zero-order valence-corrected chi connectivity index (χ0v) is 10.7. The fourth-order valence-electron chi connectivity index (χ4n) is 2.01. The van der Waals surface area contributed by atoms with Gasteiger partial charge in [0.2, 0.25) is 11.8 Å². The van der Waals surface area contributed by atoms with E-state index in [9.17, 15) is 9.59 Å². The van der Waals surface area contributed by atoms with Gasteiger partial charge in [0, 0.05) is 6.04 Å². The van der Waals surface area contributed by atoms with Crippen LogP contribution >= 0.6 is 0 Å². The first kappa shape index (κ1) is 12.4. The van der Waals surface area contributed by atoms with Crippen LogP contribution in [0.25, 0.3) is 0 Å². The smallest absolute Gasteiger partial charge is 0.246 e. The second-order valence-corrected chi connectivity index (χ2v) is 4.69. The Kier molecular flexibility index (Phi) is 2.98. The van der Waals surface area contributed by atoms with Crippen molar-refractivity contribution in [3.05, 3.63) is 5.69 Å². The number of piperazine rings is 1. The molecule has 98 valence electrons. The van der Waals surface area contributed by atoms with Crippen LogP contribution in [0.15, 0.2) is 0 Å². The first-order chi connectivity index (χ1) is 8.40. The number of anilines is 2. The van der Waals surface area contributed by atoms with Gasteiger partial charge in [0.05, 0.1) is 24.5 Å². The lowest BCUT2D eigenvalue weighted by Crippen LogP contribution is -2.52. The van der Waals surface area contributed by atoms with E-state index in [1.54, 1.807) is 9.58 Å². The molecule has 2 rings (SSSR count). The van der Waals surface area contributed by atoms with Crippen molar-refractivity contribution in [3.63, 3.8) is 0 Å². The topological polar surface area (TPSA) is 93.2 Å². The summed E-state index contributed by atoms with van der Waals surface area (Å²) in [5.74, 6) is 0.00492. The highest BCUT2D eigenvalue weighted by molar-refractivity contribution is 6.03. The van der Waals surface area contributed by atoms with E-state index in [1.165, 1.54) is 0 Å². The predicted molar refractivity (Wildman–Crippen MR) is 67.1 cm³/mol. The molecule has 0 radical (unpaired) electrons. The summed E-state index contributed by atoms with van der Waals surface area (Å²) in [6.45, 7) is 5.99. The number of rotatable bonds is 2. The second-order valence-electron chi connectivity index (χ2n) is 4.69. The normalized spacial score (nSPS) is 16.3. The number of aromatic nitrogens is 2. The number of amides is 2. The van der Waals surface area contributed by atoms with E-state index in [2.05, 4.69) is 10.4 Å². The average molecular weight is 251 g/mol. The number of hydrogen-bond donors (Lipinski definition) is 2. The minimum absolute atomic E-state index is 0.107. The van der Waals surface area contributed by atoms with E-state index < -0.39 is 0 Å². The third-order valence-corrected chi connectivity index (χ3v) is 2.84. The van der Waals surface area contributed by atoms with Crippen LogP contribution in [0.5, 0.6) is 0 Å². The number of nitrogens with zero attached hydrogens (tertiary/aromatic N) is 3. The van der Waals surface area contributed by atoms with E-state index >= 15 is 0 Å². The second kappa shape index (κ2) is 4.32. The van der Waals surface area contributed by atoms with Gasteiger partial charge in [0.15, 0.2) is 5.82 Å². The summed E-state index contributed by atoms with van der Waals surface area (Å²) in [4.78, 5) is 24.5. The molecular weight excluding hydrogens is 234 g/mol. The molecule has 0 aromatic carbocycles. The Balaban J connectivity index is 2.43. The Morgan fingerprint density at radius 3 is 2.33 bits per heavy atom. The number of nitrogens with two attached hydrogens (primary N) is 1. The number of imide groups is 1. The molecule has 3 N–H and O–H groups in total. The summed E-state index contributed by atoms with van der Waals surface area (Å²) in [7, 11) is 0. The van der Waals surface area contributed by atoms with Crippen LogP contribution in [0, 0.1) is 6.92 Å². The number of nitrogens with one attached hydrogen (secondary N) is 1. The van der Waals surface area contributed by atoms with Gasteiger partial charge in [-0.1, -0.05) is 0 Å². The van der Waals surface area contributed by atoms with Crippen molar-refractivity contribution in [2.75, 3.05) is 23.7 Å². The fraction of sp³-hybridized carbons (Fsp3) is 0.545.